The number of aromatic nitrogens is 3. The minimum Gasteiger partial charge on any atom is -0.255 e. The van der Waals surface area contributed by atoms with Crippen molar-refractivity contribution in [3.63, 3.8) is 0 Å². The van der Waals surface area contributed by atoms with E-state index in [1.807, 2.05) is 13.2 Å². The van der Waals surface area contributed by atoms with Gasteiger partial charge in [0.05, 0.1) is 5.69 Å². The van der Waals surface area contributed by atoms with Crippen molar-refractivity contribution in [1.29, 1.82) is 0 Å². The van der Waals surface area contributed by atoms with E-state index in [0.29, 0.717) is 0 Å². The first-order valence-corrected chi connectivity index (χ1v) is 4.76. The molecule has 1 aromatic heterocycles. The molecule has 0 amide bonds. The van der Waals surface area contributed by atoms with E-state index in [1.54, 1.807) is 4.68 Å². The fourth-order valence-corrected chi connectivity index (χ4v) is 1.14. The van der Waals surface area contributed by atoms with Gasteiger partial charge >= 0.3 is 0 Å². The highest BCUT2D eigenvalue weighted by Gasteiger charge is 1.95. The average molecular weight is 251 g/mol. The van der Waals surface area contributed by atoms with E-state index in [4.69, 9.17) is 0 Å². The maximum Gasteiger partial charge on any atom is 0.0827 e. The summed E-state index contributed by atoms with van der Waals surface area (Å²) in [6.07, 6.45) is 4.21. The molecule has 0 atom stereocenters. The van der Waals surface area contributed by atoms with Crippen molar-refractivity contribution in [3.05, 3.63) is 11.9 Å². The summed E-state index contributed by atoms with van der Waals surface area (Å²) in [6, 6.07) is 0. The molecule has 0 aromatic carbocycles. The Morgan fingerprint density at radius 3 is 3.00 bits per heavy atom. The van der Waals surface area contributed by atoms with Crippen molar-refractivity contribution in [1.82, 2.24) is 15.0 Å². The Morgan fingerprint density at radius 1 is 1.70 bits per heavy atom. The Balaban J connectivity index is 2.42. The Morgan fingerprint density at radius 2 is 2.50 bits per heavy atom. The lowest BCUT2D eigenvalue weighted by Gasteiger charge is -1.87. The quantitative estimate of drug-likeness (QED) is 0.596. The fourth-order valence-electron chi connectivity index (χ4n) is 0.758. The number of hydrogen-bond donors (Lipinski definition) is 0. The minimum atomic E-state index is 1.05. The summed E-state index contributed by atoms with van der Waals surface area (Å²) in [4.78, 5) is 0. The lowest BCUT2D eigenvalue weighted by Crippen LogP contribution is -1.85. The van der Waals surface area contributed by atoms with Gasteiger partial charge in [-0.25, -0.2) is 0 Å². The standard InChI is InChI=1S/C6H10IN3/c1-10-5-6(8-9-10)3-2-4-7/h5H,2-4H2,1H3. The molecule has 0 bridgehead atoms. The number of nitrogens with zero attached hydrogens (tertiary/aromatic N) is 3. The summed E-state index contributed by atoms with van der Waals surface area (Å²) in [6.45, 7) is 0. The van der Waals surface area contributed by atoms with Crippen LogP contribution in [0.4, 0.5) is 0 Å². The SMILES string of the molecule is Cn1cc(CCCI)nn1. The summed E-state index contributed by atoms with van der Waals surface area (Å²) >= 11 is 2.37. The van der Waals surface area contributed by atoms with E-state index in [1.165, 1.54) is 10.8 Å². The van der Waals surface area contributed by atoms with Gasteiger partial charge in [-0.3, -0.25) is 4.68 Å². The van der Waals surface area contributed by atoms with Crippen molar-refractivity contribution >= 4 is 22.6 Å². The zero-order valence-electron chi connectivity index (χ0n) is 5.92. The van der Waals surface area contributed by atoms with E-state index < -0.39 is 0 Å². The number of rotatable bonds is 3. The topological polar surface area (TPSA) is 30.7 Å². The third-order valence-corrected chi connectivity index (χ3v) is 1.98. The molecule has 0 N–H and O–H groups in total. The Labute approximate surface area is 73.9 Å². The molecule has 10 heavy (non-hydrogen) atoms. The van der Waals surface area contributed by atoms with Gasteiger partial charge < -0.3 is 0 Å². The van der Waals surface area contributed by atoms with E-state index in [2.05, 4.69) is 32.9 Å². The number of alkyl halides is 1. The van der Waals surface area contributed by atoms with Gasteiger partial charge in [0, 0.05) is 13.2 Å². The second-order valence-corrected chi connectivity index (χ2v) is 3.25. The maximum atomic E-state index is 3.96. The molecule has 1 rings (SSSR count). The molecule has 0 aliphatic carbocycles. The van der Waals surface area contributed by atoms with Crippen LogP contribution in [0.2, 0.25) is 0 Å². The first kappa shape index (κ1) is 7.97. The normalized spacial score (nSPS) is 10.2. The molecule has 4 heteroatoms. The van der Waals surface area contributed by atoms with Crippen LogP contribution in [-0.2, 0) is 13.5 Å². The molecule has 0 unspecified atom stereocenters. The molecule has 1 aromatic rings. The van der Waals surface area contributed by atoms with Gasteiger partial charge in [-0.1, -0.05) is 27.8 Å². The predicted molar refractivity (Wildman–Crippen MR) is 48.2 cm³/mol. The van der Waals surface area contributed by atoms with Crippen molar-refractivity contribution in [3.8, 4) is 0 Å². The zero-order chi connectivity index (χ0) is 7.40. The summed E-state index contributed by atoms with van der Waals surface area (Å²) in [7, 11) is 1.89. The van der Waals surface area contributed by atoms with Crippen molar-refractivity contribution in [2.24, 2.45) is 7.05 Å². The van der Waals surface area contributed by atoms with Gasteiger partial charge in [0.1, 0.15) is 0 Å². The summed E-state index contributed by atoms with van der Waals surface area (Å²) in [5, 5.41) is 7.80. The van der Waals surface area contributed by atoms with Crippen molar-refractivity contribution in [2.75, 3.05) is 4.43 Å². The lowest BCUT2D eigenvalue weighted by atomic mass is 10.3. The molecule has 56 valence electrons. The average Bonchev–Trinajstić information content (AvgIpc) is 2.31. The second kappa shape index (κ2) is 3.90. The molecule has 0 aliphatic rings. The predicted octanol–water partition coefficient (Wildman–Crippen LogP) is 1.18. The second-order valence-electron chi connectivity index (χ2n) is 2.18. The first-order chi connectivity index (χ1) is 4.83. The van der Waals surface area contributed by atoms with Crippen LogP contribution in [0.3, 0.4) is 0 Å². The molecular weight excluding hydrogens is 241 g/mol. The van der Waals surface area contributed by atoms with Gasteiger partial charge in [0.15, 0.2) is 0 Å². The van der Waals surface area contributed by atoms with Crippen LogP contribution < -0.4 is 0 Å². The summed E-state index contributed by atoms with van der Waals surface area (Å²) in [5.74, 6) is 0. The molecule has 0 radical (unpaired) electrons. The van der Waals surface area contributed by atoms with E-state index in [9.17, 15) is 0 Å². The molecule has 0 saturated heterocycles. The smallest absolute Gasteiger partial charge is 0.0827 e. The molecular formula is C6H10IN3. The van der Waals surface area contributed by atoms with Gasteiger partial charge in [-0.2, -0.15) is 0 Å². The van der Waals surface area contributed by atoms with Crippen LogP contribution in [0.1, 0.15) is 12.1 Å². The minimum absolute atomic E-state index is 1.05. The van der Waals surface area contributed by atoms with Gasteiger partial charge in [0.2, 0.25) is 0 Å². The number of halogens is 1. The molecule has 0 saturated carbocycles. The highest BCUT2D eigenvalue weighted by atomic mass is 127. The Hall–Kier alpha value is -0.130. The third-order valence-electron chi connectivity index (χ3n) is 1.22. The molecule has 0 aliphatic heterocycles. The van der Waals surface area contributed by atoms with Gasteiger partial charge in [0.25, 0.3) is 0 Å². The Kier molecular flexibility index (Phi) is 3.11. The number of hydrogen-bond acceptors (Lipinski definition) is 2. The lowest BCUT2D eigenvalue weighted by molar-refractivity contribution is 0.712. The van der Waals surface area contributed by atoms with Gasteiger partial charge in [-0.15, -0.1) is 5.10 Å². The summed E-state index contributed by atoms with van der Waals surface area (Å²) in [5.41, 5.74) is 1.10. The van der Waals surface area contributed by atoms with Crippen LogP contribution in [0.15, 0.2) is 6.20 Å². The molecule has 0 fully saturated rings. The van der Waals surface area contributed by atoms with Crippen molar-refractivity contribution in [2.45, 2.75) is 12.8 Å². The summed E-state index contributed by atoms with van der Waals surface area (Å²) < 4.78 is 2.93. The fraction of sp³-hybridized carbons (Fsp3) is 0.667. The molecule has 0 spiro atoms. The van der Waals surface area contributed by atoms with Crippen molar-refractivity contribution < 1.29 is 0 Å². The monoisotopic (exact) mass is 251 g/mol. The highest BCUT2D eigenvalue weighted by molar-refractivity contribution is 14.1. The maximum absolute atomic E-state index is 3.96. The van der Waals surface area contributed by atoms with Crippen LogP contribution in [0.25, 0.3) is 0 Å². The first-order valence-electron chi connectivity index (χ1n) is 3.24. The zero-order valence-corrected chi connectivity index (χ0v) is 8.08. The van der Waals surface area contributed by atoms with Gasteiger partial charge in [-0.05, 0) is 17.3 Å². The van der Waals surface area contributed by atoms with E-state index in [0.717, 1.165) is 12.1 Å². The number of aryl methyl sites for hydroxylation is 2. The third kappa shape index (κ3) is 2.24. The van der Waals surface area contributed by atoms with E-state index >= 15 is 0 Å². The Bertz CT molecular complexity index is 197. The molecule has 1 heterocycles. The van der Waals surface area contributed by atoms with Crippen LogP contribution in [0, 0.1) is 0 Å². The van der Waals surface area contributed by atoms with Crippen LogP contribution in [0.5, 0.6) is 0 Å². The molecule has 3 nitrogen and oxygen atoms in total. The highest BCUT2D eigenvalue weighted by Crippen LogP contribution is 1.98. The van der Waals surface area contributed by atoms with Crippen LogP contribution >= 0.6 is 22.6 Å². The largest absolute Gasteiger partial charge is 0.255 e. The van der Waals surface area contributed by atoms with Crippen LogP contribution in [-0.4, -0.2) is 19.4 Å². The van der Waals surface area contributed by atoms with E-state index in [-0.39, 0.29) is 0 Å².